The Morgan fingerprint density at radius 2 is 2.00 bits per heavy atom. The number of halogens is 3. The lowest BCUT2D eigenvalue weighted by atomic mass is 9.91. The topological polar surface area (TPSA) is 108 Å². The van der Waals surface area contributed by atoms with Gasteiger partial charge in [0.25, 0.3) is 0 Å². The SMILES string of the molecule is CS(=O)(=O)c1ccc(OCCC2C[C@@H]2C2CCN(c3nc(COCC(F)(F)F)no3)CC2)nc1. The number of hydrogen-bond donors (Lipinski definition) is 0. The zero-order chi connectivity index (χ0) is 24.3. The number of aromatic nitrogens is 3. The molecule has 2 aliphatic rings. The Hall–Kier alpha value is -2.41. The fourth-order valence-electron chi connectivity index (χ4n) is 4.38. The maximum Gasteiger partial charge on any atom is 0.411 e. The van der Waals surface area contributed by atoms with E-state index in [-0.39, 0.29) is 17.3 Å². The summed E-state index contributed by atoms with van der Waals surface area (Å²) in [6.07, 6.45) is 2.11. The molecule has 2 aromatic rings. The summed E-state index contributed by atoms with van der Waals surface area (Å²) in [4.78, 5) is 10.3. The van der Waals surface area contributed by atoms with Crippen LogP contribution in [-0.4, -0.2) is 62.3 Å². The maximum atomic E-state index is 12.2. The molecule has 1 unspecified atom stereocenters. The first-order chi connectivity index (χ1) is 16.1. The van der Waals surface area contributed by atoms with Crippen LogP contribution in [0.4, 0.5) is 19.2 Å². The van der Waals surface area contributed by atoms with Crippen molar-refractivity contribution in [3.05, 3.63) is 24.2 Å². The molecule has 0 aromatic carbocycles. The molecule has 188 valence electrons. The molecule has 1 saturated carbocycles. The predicted octanol–water partition coefficient (Wildman–Crippen LogP) is 3.27. The van der Waals surface area contributed by atoms with Crippen molar-refractivity contribution in [2.24, 2.45) is 17.8 Å². The standard InChI is InChI=1S/C21H27F3N4O5S/c1-34(29,30)16-2-3-19(25-11-16)32-9-6-15-10-17(15)14-4-7-28(8-5-14)20-26-18(27-33-20)12-31-13-21(22,23)24/h2-3,11,14-15,17H,4-10,12-13H2,1H3/t15?,17-/m1/s1. The van der Waals surface area contributed by atoms with Crippen molar-refractivity contribution in [2.75, 3.05) is 37.5 Å². The number of anilines is 1. The van der Waals surface area contributed by atoms with Gasteiger partial charge in [0.1, 0.15) is 13.2 Å². The van der Waals surface area contributed by atoms with Gasteiger partial charge < -0.3 is 18.9 Å². The number of rotatable bonds is 10. The molecule has 2 fully saturated rings. The highest BCUT2D eigenvalue weighted by Gasteiger charge is 2.43. The van der Waals surface area contributed by atoms with Crippen LogP contribution in [0.25, 0.3) is 0 Å². The molecular weight excluding hydrogens is 477 g/mol. The monoisotopic (exact) mass is 504 g/mol. The van der Waals surface area contributed by atoms with E-state index < -0.39 is 22.6 Å². The van der Waals surface area contributed by atoms with Crippen LogP contribution in [0.2, 0.25) is 0 Å². The summed E-state index contributed by atoms with van der Waals surface area (Å²) >= 11 is 0. The quantitative estimate of drug-likeness (QED) is 0.482. The molecule has 9 nitrogen and oxygen atoms in total. The lowest BCUT2D eigenvalue weighted by molar-refractivity contribution is -0.177. The molecule has 2 aromatic heterocycles. The van der Waals surface area contributed by atoms with Crippen molar-refractivity contribution in [2.45, 2.75) is 43.4 Å². The van der Waals surface area contributed by atoms with E-state index in [1.54, 1.807) is 6.07 Å². The Kier molecular flexibility index (Phi) is 7.31. The predicted molar refractivity (Wildman–Crippen MR) is 114 cm³/mol. The summed E-state index contributed by atoms with van der Waals surface area (Å²) in [6.45, 7) is 0.356. The van der Waals surface area contributed by atoms with Crippen molar-refractivity contribution >= 4 is 15.9 Å². The van der Waals surface area contributed by atoms with Gasteiger partial charge in [0.2, 0.25) is 5.88 Å². The molecule has 4 rings (SSSR count). The summed E-state index contributed by atoms with van der Waals surface area (Å²) in [5.74, 6) is 2.38. The second-order valence-corrected chi connectivity index (χ2v) is 10.8. The third kappa shape index (κ3) is 6.81. The Bertz CT molecular complexity index is 1050. The number of nitrogens with zero attached hydrogens (tertiary/aromatic N) is 4. The third-order valence-electron chi connectivity index (χ3n) is 6.22. The molecule has 0 spiro atoms. The highest BCUT2D eigenvalue weighted by atomic mass is 32.2. The van der Waals surface area contributed by atoms with E-state index in [0.29, 0.717) is 36.3 Å². The molecule has 34 heavy (non-hydrogen) atoms. The smallest absolute Gasteiger partial charge is 0.411 e. The van der Waals surface area contributed by atoms with E-state index in [1.807, 2.05) is 4.90 Å². The Balaban J connectivity index is 1.14. The van der Waals surface area contributed by atoms with Gasteiger partial charge in [-0.1, -0.05) is 5.16 Å². The van der Waals surface area contributed by atoms with Gasteiger partial charge in [-0.25, -0.2) is 13.4 Å². The fraction of sp³-hybridized carbons (Fsp3) is 0.667. The van der Waals surface area contributed by atoms with E-state index >= 15 is 0 Å². The molecule has 1 saturated heterocycles. The number of piperidine rings is 1. The van der Waals surface area contributed by atoms with Crippen LogP contribution in [0.3, 0.4) is 0 Å². The summed E-state index contributed by atoms with van der Waals surface area (Å²) in [5, 5.41) is 3.70. The van der Waals surface area contributed by atoms with Gasteiger partial charge in [0.15, 0.2) is 15.7 Å². The van der Waals surface area contributed by atoms with Crippen molar-refractivity contribution in [1.29, 1.82) is 0 Å². The van der Waals surface area contributed by atoms with Crippen LogP contribution < -0.4 is 9.64 Å². The van der Waals surface area contributed by atoms with Gasteiger partial charge in [0, 0.05) is 31.6 Å². The zero-order valence-electron chi connectivity index (χ0n) is 18.7. The minimum atomic E-state index is -4.39. The second kappa shape index (κ2) is 10.1. The van der Waals surface area contributed by atoms with Gasteiger partial charge in [-0.2, -0.15) is 18.2 Å². The van der Waals surface area contributed by atoms with Crippen LogP contribution in [-0.2, 0) is 21.2 Å². The minimum Gasteiger partial charge on any atom is -0.478 e. The average molecular weight is 505 g/mol. The first-order valence-electron chi connectivity index (χ1n) is 11.1. The van der Waals surface area contributed by atoms with E-state index in [2.05, 4.69) is 19.9 Å². The van der Waals surface area contributed by atoms with Crippen LogP contribution in [0.1, 0.15) is 31.5 Å². The van der Waals surface area contributed by atoms with E-state index in [4.69, 9.17) is 9.26 Å². The number of hydrogen-bond acceptors (Lipinski definition) is 9. The third-order valence-corrected chi connectivity index (χ3v) is 7.32. The summed E-state index contributed by atoms with van der Waals surface area (Å²) in [6, 6.07) is 3.38. The van der Waals surface area contributed by atoms with E-state index in [1.165, 1.54) is 12.3 Å². The molecule has 0 amide bonds. The largest absolute Gasteiger partial charge is 0.478 e. The molecule has 0 bridgehead atoms. The van der Waals surface area contributed by atoms with Crippen LogP contribution in [0.5, 0.6) is 5.88 Å². The van der Waals surface area contributed by atoms with Crippen LogP contribution >= 0.6 is 0 Å². The highest BCUT2D eigenvalue weighted by Crippen LogP contribution is 2.49. The fourth-order valence-corrected chi connectivity index (χ4v) is 4.93. The summed E-state index contributed by atoms with van der Waals surface area (Å²) in [7, 11) is -3.27. The molecule has 0 N–H and O–H groups in total. The van der Waals surface area contributed by atoms with E-state index in [9.17, 15) is 21.6 Å². The molecule has 13 heteroatoms. The number of pyridine rings is 1. The van der Waals surface area contributed by atoms with Crippen molar-refractivity contribution in [1.82, 2.24) is 15.1 Å². The minimum absolute atomic E-state index is 0.101. The first kappa shape index (κ1) is 24.7. The lowest BCUT2D eigenvalue weighted by Crippen LogP contribution is -2.34. The van der Waals surface area contributed by atoms with E-state index in [0.717, 1.165) is 45.0 Å². The first-order valence-corrected chi connectivity index (χ1v) is 13.0. The van der Waals surface area contributed by atoms with Crippen LogP contribution in [0, 0.1) is 17.8 Å². The second-order valence-electron chi connectivity index (χ2n) is 8.83. The Morgan fingerprint density at radius 3 is 2.65 bits per heavy atom. The number of alkyl halides is 3. The maximum absolute atomic E-state index is 12.2. The van der Waals surface area contributed by atoms with Gasteiger partial charge >= 0.3 is 12.2 Å². The molecular formula is C21H27F3N4O5S. The normalized spacial score (nSPS) is 21.6. The molecule has 1 aliphatic carbocycles. The van der Waals surface area contributed by atoms with Gasteiger partial charge in [-0.3, -0.25) is 0 Å². The summed E-state index contributed by atoms with van der Waals surface area (Å²) < 4.78 is 74.9. The molecule has 1 aliphatic heterocycles. The van der Waals surface area contributed by atoms with Gasteiger partial charge in [0.05, 0.1) is 11.5 Å². The number of ether oxygens (including phenoxy) is 2. The van der Waals surface area contributed by atoms with Crippen LogP contribution in [0.15, 0.2) is 27.7 Å². The Morgan fingerprint density at radius 1 is 1.24 bits per heavy atom. The van der Waals surface area contributed by atoms with Gasteiger partial charge in [-0.05, 0) is 49.5 Å². The summed E-state index contributed by atoms with van der Waals surface area (Å²) in [5.41, 5.74) is 0. The highest BCUT2D eigenvalue weighted by molar-refractivity contribution is 7.90. The van der Waals surface area contributed by atoms with Gasteiger partial charge in [-0.15, -0.1) is 0 Å². The molecule has 0 radical (unpaired) electrons. The average Bonchev–Trinajstić information content (AvgIpc) is 3.39. The lowest BCUT2D eigenvalue weighted by Gasteiger charge is -2.30. The van der Waals surface area contributed by atoms with Crippen molar-refractivity contribution < 1.29 is 35.6 Å². The Labute approximate surface area is 195 Å². The van der Waals surface area contributed by atoms with Crippen molar-refractivity contribution in [3.63, 3.8) is 0 Å². The molecule has 3 heterocycles. The molecule has 2 atom stereocenters. The number of sulfone groups is 1. The zero-order valence-corrected chi connectivity index (χ0v) is 19.5. The van der Waals surface area contributed by atoms with Crippen molar-refractivity contribution in [3.8, 4) is 5.88 Å².